The highest BCUT2D eigenvalue weighted by Crippen LogP contribution is 2.23. The van der Waals surface area contributed by atoms with Crippen molar-refractivity contribution in [2.45, 2.75) is 13.0 Å². The minimum Gasteiger partial charge on any atom is -0.375 e. The highest BCUT2D eigenvalue weighted by atomic mass is 35.5. The van der Waals surface area contributed by atoms with Gasteiger partial charge in [0.25, 0.3) is 0 Å². The van der Waals surface area contributed by atoms with Crippen molar-refractivity contribution in [3.05, 3.63) is 59.1 Å². The van der Waals surface area contributed by atoms with Crippen LogP contribution < -0.4 is 10.2 Å². The first kappa shape index (κ1) is 19.2. The van der Waals surface area contributed by atoms with Crippen LogP contribution in [-0.4, -0.2) is 43.6 Å². The van der Waals surface area contributed by atoms with Gasteiger partial charge in [0.1, 0.15) is 6.61 Å². The lowest BCUT2D eigenvalue weighted by molar-refractivity contribution is -0.119. The molecule has 6 nitrogen and oxygen atoms in total. The number of halogens is 1. The fourth-order valence-corrected chi connectivity index (χ4v) is 3.16. The number of benzene rings is 2. The van der Waals surface area contributed by atoms with Gasteiger partial charge < -0.3 is 15.0 Å². The van der Waals surface area contributed by atoms with Crippen molar-refractivity contribution in [3.8, 4) is 0 Å². The smallest absolute Gasteiger partial charge is 0.324 e. The minimum absolute atomic E-state index is 0.00597. The zero-order valence-electron chi connectivity index (χ0n) is 15.2. The highest BCUT2D eigenvalue weighted by molar-refractivity contribution is 6.30. The molecule has 1 saturated heterocycles. The number of ether oxygens (including phenoxy) is 1. The maximum Gasteiger partial charge on any atom is 0.324 e. The molecule has 2 aromatic carbocycles. The van der Waals surface area contributed by atoms with E-state index in [1.807, 2.05) is 41.3 Å². The van der Waals surface area contributed by atoms with Crippen molar-refractivity contribution < 1.29 is 14.3 Å². The van der Waals surface area contributed by atoms with Gasteiger partial charge in [-0.15, -0.1) is 0 Å². The van der Waals surface area contributed by atoms with Gasteiger partial charge in [-0.3, -0.25) is 9.69 Å². The van der Waals surface area contributed by atoms with Crippen LogP contribution in [0, 0.1) is 0 Å². The number of urea groups is 1. The van der Waals surface area contributed by atoms with E-state index in [-0.39, 0.29) is 18.5 Å². The summed E-state index contributed by atoms with van der Waals surface area (Å²) < 4.78 is 4.80. The van der Waals surface area contributed by atoms with E-state index >= 15 is 0 Å². The minimum atomic E-state index is -0.214. The van der Waals surface area contributed by atoms with Crippen LogP contribution in [0.5, 0.6) is 0 Å². The molecule has 3 rings (SSSR count). The predicted molar refractivity (Wildman–Crippen MR) is 106 cm³/mol. The number of hydrogen-bond donors (Lipinski definition) is 1. The SMILES string of the molecule is COCC(=O)Nc1ccc(N2CCCN(Cc3ccc(Cl)cc3)C2=O)cc1. The Balaban J connectivity index is 1.66. The van der Waals surface area contributed by atoms with E-state index in [1.165, 1.54) is 7.11 Å². The van der Waals surface area contributed by atoms with Crippen LogP contribution in [0.15, 0.2) is 48.5 Å². The van der Waals surface area contributed by atoms with Crippen LogP contribution in [0.1, 0.15) is 12.0 Å². The fourth-order valence-electron chi connectivity index (χ4n) is 3.03. The van der Waals surface area contributed by atoms with Crippen molar-refractivity contribution in [1.82, 2.24) is 4.90 Å². The maximum atomic E-state index is 12.9. The molecule has 0 bridgehead atoms. The van der Waals surface area contributed by atoms with Gasteiger partial charge in [-0.2, -0.15) is 0 Å². The third-order valence-electron chi connectivity index (χ3n) is 4.34. The lowest BCUT2D eigenvalue weighted by Crippen LogP contribution is -2.49. The number of nitrogens with one attached hydrogen (secondary N) is 1. The van der Waals surface area contributed by atoms with E-state index in [2.05, 4.69) is 5.32 Å². The summed E-state index contributed by atoms with van der Waals surface area (Å²) in [5.74, 6) is -0.214. The fraction of sp³-hybridized carbons (Fsp3) is 0.300. The first-order chi connectivity index (χ1) is 13.1. The molecule has 1 aliphatic rings. The number of carbonyl (C=O) groups is 2. The molecule has 0 spiro atoms. The largest absolute Gasteiger partial charge is 0.375 e. The van der Waals surface area contributed by atoms with E-state index in [9.17, 15) is 9.59 Å². The number of methoxy groups -OCH3 is 1. The number of anilines is 2. The second-order valence-electron chi connectivity index (χ2n) is 6.36. The number of rotatable bonds is 6. The summed E-state index contributed by atoms with van der Waals surface area (Å²) in [4.78, 5) is 28.1. The van der Waals surface area contributed by atoms with Crippen LogP contribution in [0.2, 0.25) is 5.02 Å². The average Bonchev–Trinajstić information content (AvgIpc) is 2.66. The summed E-state index contributed by atoms with van der Waals surface area (Å²) in [6.07, 6.45) is 0.894. The quantitative estimate of drug-likeness (QED) is 0.820. The van der Waals surface area contributed by atoms with Crippen LogP contribution in [0.25, 0.3) is 0 Å². The molecule has 0 saturated carbocycles. The molecule has 1 N–H and O–H groups in total. The molecule has 3 amide bonds. The van der Waals surface area contributed by atoms with E-state index in [1.54, 1.807) is 17.0 Å². The standard InChI is InChI=1S/C20H22ClN3O3/c1-27-14-19(25)22-17-7-9-18(10-8-17)24-12-2-11-23(20(24)26)13-15-3-5-16(21)6-4-15/h3-10H,2,11-14H2,1H3,(H,22,25). The number of amides is 3. The Morgan fingerprint density at radius 2 is 1.81 bits per heavy atom. The van der Waals surface area contributed by atoms with Crippen molar-refractivity contribution in [2.75, 3.05) is 37.0 Å². The molecular weight excluding hydrogens is 366 g/mol. The Bertz CT molecular complexity index is 793. The predicted octanol–water partition coefficient (Wildman–Crippen LogP) is 3.76. The zero-order chi connectivity index (χ0) is 19.2. The van der Waals surface area contributed by atoms with Crippen LogP contribution in [-0.2, 0) is 16.1 Å². The Labute approximate surface area is 163 Å². The second kappa shape index (κ2) is 8.88. The molecule has 2 aromatic rings. The average molecular weight is 388 g/mol. The van der Waals surface area contributed by atoms with Gasteiger partial charge in [-0.05, 0) is 48.4 Å². The van der Waals surface area contributed by atoms with Crippen molar-refractivity contribution >= 4 is 34.9 Å². The molecule has 7 heteroatoms. The summed E-state index contributed by atoms with van der Waals surface area (Å²) in [5.41, 5.74) is 2.53. The van der Waals surface area contributed by atoms with Gasteiger partial charge in [0.05, 0.1) is 0 Å². The normalized spacial score (nSPS) is 14.4. The first-order valence-corrected chi connectivity index (χ1v) is 9.14. The summed E-state index contributed by atoms with van der Waals surface area (Å²) in [6.45, 7) is 1.96. The van der Waals surface area contributed by atoms with Gasteiger partial charge in [0, 0.05) is 43.1 Å². The molecular formula is C20H22ClN3O3. The molecule has 0 radical (unpaired) electrons. The van der Waals surface area contributed by atoms with Gasteiger partial charge >= 0.3 is 6.03 Å². The number of hydrogen-bond acceptors (Lipinski definition) is 3. The summed E-state index contributed by atoms with van der Waals surface area (Å²) in [6, 6.07) is 14.8. The molecule has 0 aliphatic carbocycles. The molecule has 27 heavy (non-hydrogen) atoms. The topological polar surface area (TPSA) is 61.9 Å². The lowest BCUT2D eigenvalue weighted by atomic mass is 10.1. The Hall–Kier alpha value is -2.57. The van der Waals surface area contributed by atoms with Crippen molar-refractivity contribution in [3.63, 3.8) is 0 Å². The third kappa shape index (κ3) is 4.99. The molecule has 142 valence electrons. The van der Waals surface area contributed by atoms with E-state index < -0.39 is 0 Å². The van der Waals surface area contributed by atoms with E-state index in [4.69, 9.17) is 16.3 Å². The molecule has 1 fully saturated rings. The van der Waals surface area contributed by atoms with Crippen molar-refractivity contribution in [1.29, 1.82) is 0 Å². The molecule has 1 heterocycles. The lowest BCUT2D eigenvalue weighted by Gasteiger charge is -2.35. The summed E-state index contributed by atoms with van der Waals surface area (Å²) in [5, 5.41) is 3.42. The Kier molecular flexibility index (Phi) is 6.32. The second-order valence-corrected chi connectivity index (χ2v) is 6.80. The van der Waals surface area contributed by atoms with E-state index in [0.29, 0.717) is 23.8 Å². The van der Waals surface area contributed by atoms with Crippen LogP contribution >= 0.6 is 11.6 Å². The molecule has 0 unspecified atom stereocenters. The van der Waals surface area contributed by atoms with Crippen LogP contribution in [0.3, 0.4) is 0 Å². The highest BCUT2D eigenvalue weighted by Gasteiger charge is 2.26. The molecule has 0 atom stereocenters. The van der Waals surface area contributed by atoms with Crippen LogP contribution in [0.4, 0.5) is 16.2 Å². The number of carbonyl (C=O) groups excluding carboxylic acids is 2. The number of nitrogens with zero attached hydrogens (tertiary/aromatic N) is 2. The summed E-state index contributed by atoms with van der Waals surface area (Å²) >= 11 is 5.93. The Morgan fingerprint density at radius 3 is 2.48 bits per heavy atom. The first-order valence-electron chi connectivity index (χ1n) is 8.76. The van der Waals surface area contributed by atoms with Gasteiger partial charge in [-0.25, -0.2) is 4.79 Å². The van der Waals surface area contributed by atoms with Crippen molar-refractivity contribution in [2.24, 2.45) is 0 Å². The molecule has 1 aliphatic heterocycles. The Morgan fingerprint density at radius 1 is 1.11 bits per heavy atom. The third-order valence-corrected chi connectivity index (χ3v) is 4.59. The van der Waals surface area contributed by atoms with E-state index in [0.717, 1.165) is 24.2 Å². The van der Waals surface area contributed by atoms with Gasteiger partial charge in [-0.1, -0.05) is 23.7 Å². The van der Waals surface area contributed by atoms with Gasteiger partial charge in [0.15, 0.2) is 0 Å². The molecule has 0 aromatic heterocycles. The monoisotopic (exact) mass is 387 g/mol. The summed E-state index contributed by atoms with van der Waals surface area (Å²) in [7, 11) is 1.47. The zero-order valence-corrected chi connectivity index (χ0v) is 15.9. The maximum absolute atomic E-state index is 12.9. The van der Waals surface area contributed by atoms with Gasteiger partial charge in [0.2, 0.25) is 5.91 Å².